The molecule has 0 spiro atoms. The van der Waals surface area contributed by atoms with Crippen molar-refractivity contribution in [1.29, 1.82) is 0 Å². The number of carbonyl (C=O) groups is 1. The zero-order valence-corrected chi connectivity index (χ0v) is 17.3. The molecule has 1 fully saturated rings. The molecule has 1 aromatic heterocycles. The van der Waals surface area contributed by atoms with Crippen molar-refractivity contribution in [3.8, 4) is 5.75 Å². The molecule has 1 unspecified atom stereocenters. The van der Waals surface area contributed by atoms with Crippen molar-refractivity contribution in [2.75, 3.05) is 44.8 Å². The number of rotatable bonds is 7. The molecule has 0 saturated carbocycles. The van der Waals surface area contributed by atoms with Gasteiger partial charge in [0, 0.05) is 38.0 Å². The normalized spacial score (nSPS) is 19.7. The molecule has 4 rings (SSSR count). The van der Waals surface area contributed by atoms with Gasteiger partial charge in [-0.1, -0.05) is 12.1 Å². The van der Waals surface area contributed by atoms with Crippen LogP contribution >= 0.6 is 0 Å². The summed E-state index contributed by atoms with van der Waals surface area (Å²) in [6, 6.07) is 8.16. The van der Waals surface area contributed by atoms with Crippen LogP contribution in [0.5, 0.6) is 5.75 Å². The Labute approximate surface area is 172 Å². The fourth-order valence-electron chi connectivity index (χ4n) is 4.24. The molecule has 1 atom stereocenters. The van der Waals surface area contributed by atoms with E-state index < -0.39 is 0 Å². The number of anilines is 1. The monoisotopic (exact) mass is 398 g/mol. The van der Waals surface area contributed by atoms with Crippen molar-refractivity contribution in [3.05, 3.63) is 41.1 Å². The first kappa shape index (κ1) is 19.9. The molecule has 3 heterocycles. The SMILES string of the molecule is Cc1nn(C)c2c1C(c1ccc(OCCCCN3CCOCC3)cc1)CC(=O)N2. The van der Waals surface area contributed by atoms with Crippen LogP contribution in [0.3, 0.4) is 0 Å². The van der Waals surface area contributed by atoms with Gasteiger partial charge in [0.2, 0.25) is 5.91 Å². The molecule has 7 nitrogen and oxygen atoms in total. The lowest BCUT2D eigenvalue weighted by atomic mass is 9.86. The summed E-state index contributed by atoms with van der Waals surface area (Å²) >= 11 is 0. The van der Waals surface area contributed by atoms with Gasteiger partial charge in [-0.15, -0.1) is 0 Å². The van der Waals surface area contributed by atoms with Gasteiger partial charge in [-0.2, -0.15) is 5.10 Å². The van der Waals surface area contributed by atoms with E-state index in [9.17, 15) is 4.79 Å². The van der Waals surface area contributed by atoms with E-state index in [1.165, 1.54) is 0 Å². The van der Waals surface area contributed by atoms with E-state index in [-0.39, 0.29) is 11.8 Å². The Morgan fingerprint density at radius 2 is 1.97 bits per heavy atom. The van der Waals surface area contributed by atoms with Gasteiger partial charge in [-0.3, -0.25) is 14.4 Å². The molecule has 156 valence electrons. The number of fused-ring (bicyclic) bond motifs is 1. The number of hydrogen-bond acceptors (Lipinski definition) is 5. The minimum absolute atomic E-state index is 0.0334. The fraction of sp³-hybridized carbons (Fsp3) is 0.545. The minimum atomic E-state index is 0.0334. The number of aromatic nitrogens is 2. The third-order valence-corrected chi connectivity index (χ3v) is 5.79. The highest BCUT2D eigenvalue weighted by Crippen LogP contribution is 2.39. The summed E-state index contributed by atoms with van der Waals surface area (Å²) in [6.45, 7) is 7.62. The maximum atomic E-state index is 12.2. The Kier molecular flexibility index (Phi) is 6.16. The number of morpholine rings is 1. The fourth-order valence-corrected chi connectivity index (χ4v) is 4.24. The standard InChI is InChI=1S/C22H30N4O3/c1-16-21-19(15-20(27)23-22(21)25(2)24-16)17-5-7-18(8-6-17)29-12-4-3-9-26-10-13-28-14-11-26/h5-8,19H,3-4,9-15H2,1-2H3,(H,23,27). The summed E-state index contributed by atoms with van der Waals surface area (Å²) in [6.07, 6.45) is 2.62. The lowest BCUT2D eigenvalue weighted by Gasteiger charge is -2.26. The number of unbranched alkanes of at least 4 members (excludes halogenated alkanes) is 1. The van der Waals surface area contributed by atoms with Crippen LogP contribution in [-0.2, 0) is 16.6 Å². The number of carbonyl (C=O) groups excluding carboxylic acids is 1. The van der Waals surface area contributed by atoms with Crippen molar-refractivity contribution in [1.82, 2.24) is 14.7 Å². The molecule has 1 N–H and O–H groups in total. The average Bonchev–Trinajstić information content (AvgIpc) is 3.02. The third kappa shape index (κ3) is 4.62. The van der Waals surface area contributed by atoms with Crippen molar-refractivity contribution in [2.24, 2.45) is 7.05 Å². The van der Waals surface area contributed by atoms with Crippen LogP contribution in [0.15, 0.2) is 24.3 Å². The maximum Gasteiger partial charge on any atom is 0.226 e. The van der Waals surface area contributed by atoms with Crippen LogP contribution in [0.4, 0.5) is 5.82 Å². The average molecular weight is 399 g/mol. The van der Waals surface area contributed by atoms with Crippen LogP contribution in [0.1, 0.15) is 42.0 Å². The molecule has 2 aromatic rings. The summed E-state index contributed by atoms with van der Waals surface area (Å²) in [7, 11) is 1.87. The molecular formula is C22H30N4O3. The topological polar surface area (TPSA) is 68.6 Å². The first-order chi connectivity index (χ1) is 14.1. The molecule has 7 heteroatoms. The van der Waals surface area contributed by atoms with Crippen molar-refractivity contribution < 1.29 is 14.3 Å². The highest BCUT2D eigenvalue weighted by Gasteiger charge is 2.31. The largest absolute Gasteiger partial charge is 0.494 e. The Bertz CT molecular complexity index is 840. The third-order valence-electron chi connectivity index (χ3n) is 5.79. The summed E-state index contributed by atoms with van der Waals surface area (Å²) < 4.78 is 13.0. The van der Waals surface area contributed by atoms with Gasteiger partial charge in [-0.05, 0) is 44.0 Å². The lowest BCUT2D eigenvalue weighted by molar-refractivity contribution is -0.116. The van der Waals surface area contributed by atoms with Gasteiger partial charge in [0.15, 0.2) is 0 Å². The van der Waals surface area contributed by atoms with Gasteiger partial charge in [0.05, 0.1) is 25.5 Å². The molecule has 29 heavy (non-hydrogen) atoms. The van der Waals surface area contributed by atoms with E-state index in [0.29, 0.717) is 6.42 Å². The second-order valence-corrected chi connectivity index (χ2v) is 7.85. The number of amides is 1. The Balaban J connectivity index is 1.31. The first-order valence-corrected chi connectivity index (χ1v) is 10.5. The van der Waals surface area contributed by atoms with E-state index in [1.54, 1.807) is 4.68 Å². The van der Waals surface area contributed by atoms with E-state index in [0.717, 1.165) is 80.7 Å². The van der Waals surface area contributed by atoms with Gasteiger partial charge >= 0.3 is 0 Å². The van der Waals surface area contributed by atoms with Crippen molar-refractivity contribution in [3.63, 3.8) is 0 Å². The maximum absolute atomic E-state index is 12.2. The predicted molar refractivity (Wildman–Crippen MR) is 111 cm³/mol. The molecule has 0 radical (unpaired) electrons. The molecule has 2 aliphatic rings. The second kappa shape index (κ2) is 8.97. The van der Waals surface area contributed by atoms with E-state index in [2.05, 4.69) is 27.4 Å². The lowest BCUT2D eigenvalue weighted by Crippen LogP contribution is -2.36. The number of ether oxygens (including phenoxy) is 2. The number of benzene rings is 1. The summed E-state index contributed by atoms with van der Waals surface area (Å²) in [5, 5.41) is 7.43. The zero-order chi connectivity index (χ0) is 20.2. The van der Waals surface area contributed by atoms with Crippen LogP contribution in [0.25, 0.3) is 0 Å². The second-order valence-electron chi connectivity index (χ2n) is 7.85. The summed E-state index contributed by atoms with van der Waals surface area (Å²) in [5.74, 6) is 1.76. The van der Waals surface area contributed by atoms with Crippen molar-refractivity contribution in [2.45, 2.75) is 32.1 Å². The van der Waals surface area contributed by atoms with E-state index >= 15 is 0 Å². The van der Waals surface area contributed by atoms with Crippen LogP contribution in [0, 0.1) is 6.92 Å². The van der Waals surface area contributed by atoms with Gasteiger partial charge in [0.25, 0.3) is 0 Å². The van der Waals surface area contributed by atoms with Gasteiger partial charge in [-0.25, -0.2) is 0 Å². The molecular weight excluding hydrogens is 368 g/mol. The number of aryl methyl sites for hydroxylation is 2. The quantitative estimate of drug-likeness (QED) is 0.727. The molecule has 2 aliphatic heterocycles. The Hall–Kier alpha value is -2.38. The molecule has 0 bridgehead atoms. The van der Waals surface area contributed by atoms with Crippen LogP contribution < -0.4 is 10.1 Å². The Morgan fingerprint density at radius 1 is 1.21 bits per heavy atom. The van der Waals surface area contributed by atoms with Crippen LogP contribution in [-0.4, -0.2) is 60.0 Å². The highest BCUT2D eigenvalue weighted by molar-refractivity contribution is 5.94. The van der Waals surface area contributed by atoms with Crippen molar-refractivity contribution >= 4 is 11.7 Å². The van der Waals surface area contributed by atoms with Gasteiger partial charge < -0.3 is 14.8 Å². The molecule has 1 saturated heterocycles. The number of nitrogens with one attached hydrogen (secondary N) is 1. The number of nitrogens with zero attached hydrogens (tertiary/aromatic N) is 3. The highest BCUT2D eigenvalue weighted by atomic mass is 16.5. The Morgan fingerprint density at radius 3 is 2.72 bits per heavy atom. The zero-order valence-electron chi connectivity index (χ0n) is 17.3. The summed E-state index contributed by atoms with van der Waals surface area (Å²) in [5.41, 5.74) is 3.20. The smallest absolute Gasteiger partial charge is 0.226 e. The number of hydrogen-bond donors (Lipinski definition) is 1. The predicted octanol–water partition coefficient (Wildman–Crippen LogP) is 2.69. The molecule has 0 aliphatic carbocycles. The van der Waals surface area contributed by atoms with E-state index in [4.69, 9.17) is 9.47 Å². The van der Waals surface area contributed by atoms with Gasteiger partial charge in [0.1, 0.15) is 11.6 Å². The van der Waals surface area contributed by atoms with E-state index in [1.807, 2.05) is 26.1 Å². The minimum Gasteiger partial charge on any atom is -0.494 e. The first-order valence-electron chi connectivity index (χ1n) is 10.5. The molecule has 1 aromatic carbocycles. The van der Waals surface area contributed by atoms with Crippen LogP contribution in [0.2, 0.25) is 0 Å². The summed E-state index contributed by atoms with van der Waals surface area (Å²) in [4.78, 5) is 14.6. The molecule has 1 amide bonds.